The first kappa shape index (κ1) is 29.7. The number of hydrogen-bond donors (Lipinski definition) is 1. The van der Waals surface area contributed by atoms with E-state index in [1.54, 1.807) is 24.3 Å². The number of para-hydroxylation sites is 1. The van der Waals surface area contributed by atoms with Crippen LogP contribution in [0.15, 0.2) is 30.3 Å². The molecule has 0 aliphatic carbocycles. The monoisotopic (exact) mass is 400 g/mol. The number of benzene rings is 1. The Morgan fingerprint density at radius 1 is 0.714 bits per heavy atom. The third-order valence-electron chi connectivity index (χ3n) is 4.74. The summed E-state index contributed by atoms with van der Waals surface area (Å²) in [5.74, 6) is -0.581. The van der Waals surface area contributed by atoms with Crippen LogP contribution in [-0.4, -0.2) is 11.1 Å². The van der Waals surface area contributed by atoms with Crippen LogP contribution in [-0.2, 0) is 4.79 Å². The van der Waals surface area contributed by atoms with Gasteiger partial charge in [-0.2, -0.15) is 0 Å². The number of carbonyl (C=O) groups is 1. The van der Waals surface area contributed by atoms with E-state index in [1.165, 1.54) is 83.5 Å². The first-order chi connectivity index (χ1) is 13.2. The zero-order valence-corrected chi connectivity index (χ0v) is 20.5. The summed E-state index contributed by atoms with van der Waals surface area (Å²) in [6, 6.07) is 8.71. The fraction of sp³-hybridized carbons (Fsp3) is 0.708. The summed E-state index contributed by atoms with van der Waals surface area (Å²) in [6.07, 6.45) is 19.9. The van der Waals surface area contributed by atoms with Crippen molar-refractivity contribution in [3.8, 4) is 5.75 Å². The normalized spacial score (nSPS) is 9.89. The minimum absolute atomic E-state index is 0. The number of carboxylic acid groups (broad SMARTS) is 1. The summed E-state index contributed by atoms with van der Waals surface area (Å²) in [6.45, 7) is 2.27. The average Bonchev–Trinajstić information content (AvgIpc) is 2.66. The van der Waals surface area contributed by atoms with Gasteiger partial charge in [-0.1, -0.05) is 115 Å². The molecular weight excluding hydrogens is 359 g/mol. The molecule has 1 rings (SSSR count). The number of aromatic hydroxyl groups is 1. The number of carbonyl (C=O) groups excluding carboxylic acids is 1. The first-order valence-electron chi connectivity index (χ1n) is 11.1. The second-order valence-corrected chi connectivity index (χ2v) is 7.41. The van der Waals surface area contributed by atoms with Gasteiger partial charge in [-0.3, -0.25) is 0 Å². The van der Waals surface area contributed by atoms with E-state index in [1.807, 2.05) is 6.07 Å². The van der Waals surface area contributed by atoms with Gasteiger partial charge in [-0.15, -0.1) is 0 Å². The molecular formula is C24H41NaO3. The van der Waals surface area contributed by atoms with Gasteiger partial charge in [0.05, 0.1) is 0 Å². The van der Waals surface area contributed by atoms with Gasteiger partial charge < -0.3 is 15.0 Å². The molecule has 0 spiro atoms. The van der Waals surface area contributed by atoms with E-state index < -0.39 is 5.97 Å². The molecule has 1 N–H and O–H groups in total. The van der Waals surface area contributed by atoms with E-state index in [4.69, 9.17) is 5.11 Å². The minimum atomic E-state index is -0.903. The Morgan fingerprint density at radius 3 is 1.36 bits per heavy atom. The SMILES string of the molecule is CCCCCCCCCCCCCCCCCC(=O)[O-].Oc1ccccc1.[Na+]. The number of rotatable bonds is 16. The van der Waals surface area contributed by atoms with Crippen molar-refractivity contribution in [2.45, 2.75) is 110 Å². The molecule has 0 amide bonds. The number of unbranched alkanes of at least 4 members (excludes halogenated alkanes) is 14. The largest absolute Gasteiger partial charge is 1.00 e. The Kier molecular flexibility index (Phi) is 26.0. The average molecular weight is 401 g/mol. The predicted octanol–water partition coefficient (Wildman–Crippen LogP) is 3.39. The molecule has 0 atom stereocenters. The summed E-state index contributed by atoms with van der Waals surface area (Å²) in [5, 5.41) is 18.9. The van der Waals surface area contributed by atoms with Gasteiger partial charge in [-0.05, 0) is 25.0 Å². The van der Waals surface area contributed by atoms with Gasteiger partial charge in [0.25, 0.3) is 0 Å². The molecule has 28 heavy (non-hydrogen) atoms. The zero-order valence-electron chi connectivity index (χ0n) is 18.5. The number of aliphatic carboxylic acids is 1. The summed E-state index contributed by atoms with van der Waals surface area (Å²) in [7, 11) is 0. The van der Waals surface area contributed by atoms with Gasteiger partial charge in [0, 0.05) is 5.97 Å². The second kappa shape index (κ2) is 24.5. The van der Waals surface area contributed by atoms with Crippen molar-refractivity contribution < 1.29 is 44.6 Å². The van der Waals surface area contributed by atoms with Gasteiger partial charge in [-0.25, -0.2) is 0 Å². The van der Waals surface area contributed by atoms with Crippen molar-refractivity contribution in [2.24, 2.45) is 0 Å². The predicted molar refractivity (Wildman–Crippen MR) is 113 cm³/mol. The van der Waals surface area contributed by atoms with Crippen molar-refractivity contribution in [3.63, 3.8) is 0 Å². The second-order valence-electron chi connectivity index (χ2n) is 7.41. The van der Waals surface area contributed by atoms with Crippen LogP contribution in [0.3, 0.4) is 0 Å². The molecule has 0 bridgehead atoms. The fourth-order valence-corrected chi connectivity index (χ4v) is 3.07. The standard InChI is InChI=1S/C18H36O2.C6H6O.Na/c1-2-3-4-5-6-7-8-9-10-11-12-13-14-15-16-17-18(19)20;7-6-4-2-1-3-5-6;/h2-17H2,1H3,(H,19,20);1-5,7H;/q;;+1/p-1. The van der Waals surface area contributed by atoms with Gasteiger partial charge in [0.2, 0.25) is 0 Å². The van der Waals surface area contributed by atoms with E-state index in [0.717, 1.165) is 12.8 Å². The molecule has 0 heterocycles. The van der Waals surface area contributed by atoms with Crippen LogP contribution >= 0.6 is 0 Å². The molecule has 3 nitrogen and oxygen atoms in total. The molecule has 0 aliphatic rings. The van der Waals surface area contributed by atoms with Gasteiger partial charge in [0.15, 0.2) is 0 Å². The third-order valence-corrected chi connectivity index (χ3v) is 4.74. The van der Waals surface area contributed by atoms with E-state index in [9.17, 15) is 9.90 Å². The van der Waals surface area contributed by atoms with Gasteiger partial charge >= 0.3 is 29.6 Å². The molecule has 0 saturated carbocycles. The topological polar surface area (TPSA) is 60.4 Å². The van der Waals surface area contributed by atoms with E-state index >= 15 is 0 Å². The van der Waals surface area contributed by atoms with Crippen molar-refractivity contribution in [1.82, 2.24) is 0 Å². The maximum atomic E-state index is 10.2. The molecule has 4 heteroatoms. The van der Waals surface area contributed by atoms with Crippen LogP contribution < -0.4 is 34.7 Å². The Bertz CT molecular complexity index is 423. The fourth-order valence-electron chi connectivity index (χ4n) is 3.07. The molecule has 0 unspecified atom stereocenters. The summed E-state index contributed by atoms with van der Waals surface area (Å²) < 4.78 is 0. The van der Waals surface area contributed by atoms with Crippen molar-refractivity contribution in [1.29, 1.82) is 0 Å². The van der Waals surface area contributed by atoms with E-state index in [0.29, 0.717) is 5.75 Å². The number of carboxylic acids is 1. The van der Waals surface area contributed by atoms with Crippen molar-refractivity contribution >= 4 is 5.97 Å². The molecule has 0 radical (unpaired) electrons. The Morgan fingerprint density at radius 2 is 1.07 bits per heavy atom. The smallest absolute Gasteiger partial charge is 0.550 e. The Balaban J connectivity index is 0. The summed E-state index contributed by atoms with van der Waals surface area (Å²) in [4.78, 5) is 10.2. The summed E-state index contributed by atoms with van der Waals surface area (Å²) in [5.41, 5.74) is 0. The van der Waals surface area contributed by atoms with Crippen LogP contribution in [0.4, 0.5) is 0 Å². The van der Waals surface area contributed by atoms with Crippen LogP contribution in [0, 0.1) is 0 Å². The van der Waals surface area contributed by atoms with Gasteiger partial charge in [0.1, 0.15) is 5.75 Å². The molecule has 0 saturated heterocycles. The maximum absolute atomic E-state index is 10.2. The van der Waals surface area contributed by atoms with Crippen LogP contribution in [0.1, 0.15) is 110 Å². The van der Waals surface area contributed by atoms with Crippen molar-refractivity contribution in [3.05, 3.63) is 30.3 Å². The number of phenolic OH excluding ortho intramolecular Hbond substituents is 1. The van der Waals surface area contributed by atoms with E-state index in [-0.39, 0.29) is 36.0 Å². The summed E-state index contributed by atoms with van der Waals surface area (Å²) >= 11 is 0. The third kappa shape index (κ3) is 25.5. The van der Waals surface area contributed by atoms with Crippen LogP contribution in [0.5, 0.6) is 5.75 Å². The quantitative estimate of drug-likeness (QED) is 0.342. The Hall–Kier alpha value is -0.510. The molecule has 0 aliphatic heterocycles. The Labute approximate surface area is 195 Å². The molecule has 1 aromatic carbocycles. The number of hydrogen-bond acceptors (Lipinski definition) is 3. The first-order valence-corrected chi connectivity index (χ1v) is 11.1. The molecule has 156 valence electrons. The van der Waals surface area contributed by atoms with Crippen LogP contribution in [0.2, 0.25) is 0 Å². The molecule has 0 aromatic heterocycles. The number of phenols is 1. The van der Waals surface area contributed by atoms with Crippen LogP contribution in [0.25, 0.3) is 0 Å². The van der Waals surface area contributed by atoms with Crippen molar-refractivity contribution in [2.75, 3.05) is 0 Å². The molecule has 0 fully saturated rings. The zero-order chi connectivity index (χ0) is 20.0. The maximum Gasteiger partial charge on any atom is 1.00 e. The minimum Gasteiger partial charge on any atom is -0.550 e. The van der Waals surface area contributed by atoms with E-state index in [2.05, 4.69) is 6.92 Å². The molecule has 1 aromatic rings.